The van der Waals surface area contributed by atoms with E-state index in [-0.39, 0.29) is 18.0 Å². The summed E-state index contributed by atoms with van der Waals surface area (Å²) in [6.45, 7) is 6.57. The third-order valence-corrected chi connectivity index (χ3v) is 6.47. The van der Waals surface area contributed by atoms with E-state index in [0.717, 1.165) is 31.2 Å². The van der Waals surface area contributed by atoms with Crippen molar-refractivity contribution in [2.45, 2.75) is 64.6 Å². The molecule has 3 heterocycles. The van der Waals surface area contributed by atoms with Crippen molar-refractivity contribution in [3.05, 3.63) is 36.0 Å². The standard InChI is InChI=1S/C26H30N4O5/c1-15(2)30-24-20(14-27-30)19(26(32)35-16(3)25(31)28-18-6-4-5-7-18)13-21(29-24)17-8-9-22-23(12-17)34-11-10-33-22/h8-9,12-16,18H,4-7,10-11H2,1-3H3,(H,28,31). The van der Waals surface area contributed by atoms with Gasteiger partial charge in [-0.3, -0.25) is 4.79 Å². The number of carbonyl (C=O) groups is 2. The Morgan fingerprint density at radius 1 is 1.09 bits per heavy atom. The Kier molecular flexibility index (Phi) is 6.32. The van der Waals surface area contributed by atoms with E-state index in [9.17, 15) is 9.59 Å². The molecule has 1 aliphatic carbocycles. The van der Waals surface area contributed by atoms with Crippen molar-refractivity contribution >= 4 is 22.9 Å². The molecule has 2 aromatic heterocycles. The monoisotopic (exact) mass is 478 g/mol. The summed E-state index contributed by atoms with van der Waals surface area (Å²) in [5, 5.41) is 8.01. The number of fused-ring (bicyclic) bond motifs is 2. The first kappa shape index (κ1) is 23.1. The van der Waals surface area contributed by atoms with E-state index in [1.165, 1.54) is 0 Å². The fourth-order valence-electron chi connectivity index (χ4n) is 4.58. The number of rotatable bonds is 6. The minimum absolute atomic E-state index is 0.0375. The van der Waals surface area contributed by atoms with Crippen molar-refractivity contribution in [1.82, 2.24) is 20.1 Å². The maximum atomic E-state index is 13.3. The number of esters is 1. The fourth-order valence-corrected chi connectivity index (χ4v) is 4.58. The van der Waals surface area contributed by atoms with E-state index in [1.807, 2.05) is 32.0 Å². The van der Waals surface area contributed by atoms with Gasteiger partial charge in [-0.05, 0) is 57.9 Å². The van der Waals surface area contributed by atoms with E-state index in [1.54, 1.807) is 23.9 Å². The summed E-state index contributed by atoms with van der Waals surface area (Å²) in [6.07, 6.45) is 4.85. The first-order valence-electron chi connectivity index (χ1n) is 12.2. The number of hydrogen-bond acceptors (Lipinski definition) is 7. The van der Waals surface area contributed by atoms with Crippen molar-refractivity contribution in [3.63, 3.8) is 0 Å². The molecule has 1 unspecified atom stereocenters. The molecule has 5 rings (SSSR count). The zero-order valence-corrected chi connectivity index (χ0v) is 20.2. The molecule has 3 aromatic rings. The van der Waals surface area contributed by atoms with Crippen molar-refractivity contribution in [1.29, 1.82) is 0 Å². The first-order chi connectivity index (χ1) is 16.9. The highest BCUT2D eigenvalue weighted by atomic mass is 16.6. The second-order valence-electron chi connectivity index (χ2n) is 9.37. The lowest BCUT2D eigenvalue weighted by Crippen LogP contribution is -2.40. The number of nitrogens with one attached hydrogen (secondary N) is 1. The summed E-state index contributed by atoms with van der Waals surface area (Å²) in [4.78, 5) is 30.7. The Labute approximate surface area is 203 Å². The predicted molar refractivity (Wildman–Crippen MR) is 130 cm³/mol. The Balaban J connectivity index is 1.48. The second kappa shape index (κ2) is 9.56. The van der Waals surface area contributed by atoms with Crippen LogP contribution >= 0.6 is 0 Å². The Morgan fingerprint density at radius 3 is 2.57 bits per heavy atom. The van der Waals surface area contributed by atoms with Gasteiger partial charge in [-0.2, -0.15) is 5.10 Å². The molecule has 1 N–H and O–H groups in total. The summed E-state index contributed by atoms with van der Waals surface area (Å²) in [6, 6.07) is 7.45. The summed E-state index contributed by atoms with van der Waals surface area (Å²) >= 11 is 0. The third kappa shape index (κ3) is 4.67. The number of ether oxygens (including phenoxy) is 3. The number of pyridine rings is 1. The van der Waals surface area contributed by atoms with E-state index < -0.39 is 12.1 Å². The average molecular weight is 479 g/mol. The normalized spacial score (nSPS) is 16.5. The van der Waals surface area contributed by atoms with Gasteiger partial charge < -0.3 is 19.5 Å². The van der Waals surface area contributed by atoms with Gasteiger partial charge in [-0.1, -0.05) is 12.8 Å². The van der Waals surface area contributed by atoms with Crippen LogP contribution in [0.2, 0.25) is 0 Å². The van der Waals surface area contributed by atoms with Crippen LogP contribution in [0.25, 0.3) is 22.3 Å². The fraction of sp³-hybridized carbons (Fsp3) is 0.462. The van der Waals surface area contributed by atoms with E-state index >= 15 is 0 Å². The van der Waals surface area contributed by atoms with Crippen LogP contribution in [0.3, 0.4) is 0 Å². The number of carbonyl (C=O) groups excluding carboxylic acids is 2. The minimum atomic E-state index is -0.913. The highest BCUT2D eigenvalue weighted by molar-refractivity contribution is 6.04. The molecule has 184 valence electrons. The number of hydrogen-bond donors (Lipinski definition) is 1. The highest BCUT2D eigenvalue weighted by Gasteiger charge is 2.26. The van der Waals surface area contributed by atoms with Crippen molar-refractivity contribution in [2.75, 3.05) is 13.2 Å². The Morgan fingerprint density at radius 2 is 1.83 bits per heavy atom. The van der Waals surface area contributed by atoms with Gasteiger partial charge in [0.15, 0.2) is 23.3 Å². The molecule has 1 amide bonds. The van der Waals surface area contributed by atoms with Crippen LogP contribution in [0.1, 0.15) is 62.9 Å². The molecule has 9 heteroatoms. The average Bonchev–Trinajstić information content (AvgIpc) is 3.52. The SMILES string of the molecule is CC(OC(=O)c1cc(-c2ccc3c(c2)OCCO3)nc2c1cnn2C(C)C)C(=O)NC1CCCC1. The molecular weight excluding hydrogens is 448 g/mol. The molecule has 1 saturated carbocycles. The van der Waals surface area contributed by atoms with Gasteiger partial charge in [0, 0.05) is 17.6 Å². The zero-order valence-electron chi connectivity index (χ0n) is 20.2. The molecule has 0 saturated heterocycles. The van der Waals surface area contributed by atoms with Crippen molar-refractivity contribution in [2.24, 2.45) is 0 Å². The summed E-state index contributed by atoms with van der Waals surface area (Å²) in [5.41, 5.74) is 2.23. The molecule has 35 heavy (non-hydrogen) atoms. The van der Waals surface area contributed by atoms with Gasteiger partial charge in [0.05, 0.1) is 22.8 Å². The van der Waals surface area contributed by atoms with Crippen LogP contribution in [0.15, 0.2) is 30.5 Å². The zero-order chi connectivity index (χ0) is 24.5. The van der Waals surface area contributed by atoms with Crippen LogP contribution in [0, 0.1) is 0 Å². The molecule has 0 bridgehead atoms. The molecule has 9 nitrogen and oxygen atoms in total. The molecule has 1 fully saturated rings. The van der Waals surface area contributed by atoms with Crippen molar-refractivity contribution < 1.29 is 23.8 Å². The number of nitrogens with zero attached hydrogens (tertiary/aromatic N) is 3. The van der Waals surface area contributed by atoms with Gasteiger partial charge in [0.2, 0.25) is 0 Å². The predicted octanol–water partition coefficient (Wildman–Crippen LogP) is 4.05. The maximum Gasteiger partial charge on any atom is 0.339 e. The number of aromatic nitrogens is 3. The molecule has 1 aliphatic heterocycles. The van der Waals surface area contributed by atoms with E-state index in [0.29, 0.717) is 47.0 Å². The number of amides is 1. The van der Waals surface area contributed by atoms with Gasteiger partial charge in [-0.25, -0.2) is 14.5 Å². The molecule has 0 spiro atoms. The minimum Gasteiger partial charge on any atom is -0.486 e. The lowest BCUT2D eigenvalue weighted by atomic mass is 10.1. The molecule has 2 aliphatic rings. The Bertz CT molecular complexity index is 1260. The van der Waals surface area contributed by atoms with E-state index in [2.05, 4.69) is 10.4 Å². The van der Waals surface area contributed by atoms with Crippen LogP contribution < -0.4 is 14.8 Å². The Hall–Kier alpha value is -3.62. The largest absolute Gasteiger partial charge is 0.486 e. The van der Waals surface area contributed by atoms with Crippen molar-refractivity contribution in [3.8, 4) is 22.8 Å². The molecule has 1 aromatic carbocycles. The molecular formula is C26H30N4O5. The highest BCUT2D eigenvalue weighted by Crippen LogP contribution is 2.35. The van der Waals surface area contributed by atoms with Gasteiger partial charge in [0.1, 0.15) is 13.2 Å². The van der Waals surface area contributed by atoms with Gasteiger partial charge in [0.25, 0.3) is 5.91 Å². The summed E-state index contributed by atoms with van der Waals surface area (Å²) in [5.74, 6) is 0.443. The quantitative estimate of drug-likeness (QED) is 0.533. The smallest absolute Gasteiger partial charge is 0.339 e. The topological polar surface area (TPSA) is 105 Å². The second-order valence-corrected chi connectivity index (χ2v) is 9.37. The van der Waals surface area contributed by atoms with Crippen LogP contribution in [0.5, 0.6) is 11.5 Å². The van der Waals surface area contributed by atoms with E-state index in [4.69, 9.17) is 19.2 Å². The van der Waals surface area contributed by atoms with Crippen LogP contribution in [-0.4, -0.2) is 52.0 Å². The lowest BCUT2D eigenvalue weighted by Gasteiger charge is -2.19. The summed E-state index contributed by atoms with van der Waals surface area (Å²) < 4.78 is 18.7. The maximum absolute atomic E-state index is 13.3. The molecule has 0 radical (unpaired) electrons. The number of benzene rings is 1. The molecule has 1 atom stereocenters. The van der Waals surface area contributed by atoms with Crippen LogP contribution in [-0.2, 0) is 9.53 Å². The first-order valence-corrected chi connectivity index (χ1v) is 12.2. The lowest BCUT2D eigenvalue weighted by molar-refractivity contribution is -0.129. The van der Waals surface area contributed by atoms with Crippen LogP contribution in [0.4, 0.5) is 0 Å². The third-order valence-electron chi connectivity index (χ3n) is 6.47. The van der Waals surface area contributed by atoms with Gasteiger partial charge in [-0.15, -0.1) is 0 Å². The summed E-state index contributed by atoms with van der Waals surface area (Å²) in [7, 11) is 0. The van der Waals surface area contributed by atoms with Gasteiger partial charge >= 0.3 is 5.97 Å².